The molecule has 0 spiro atoms. The zero-order chi connectivity index (χ0) is 14.8. The summed E-state index contributed by atoms with van der Waals surface area (Å²) in [5, 5.41) is 1.12. The predicted octanol–water partition coefficient (Wildman–Crippen LogP) is 2.49. The first kappa shape index (κ1) is 23.9. The Bertz CT molecular complexity index is 509. The highest BCUT2D eigenvalue weighted by Crippen LogP contribution is 2.26. The molecule has 1 amide bonds. The van der Waals surface area contributed by atoms with Gasteiger partial charge in [-0.2, -0.15) is 0 Å². The van der Waals surface area contributed by atoms with Gasteiger partial charge in [-0.15, -0.1) is 48.6 Å². The van der Waals surface area contributed by atoms with Gasteiger partial charge in [-0.25, -0.2) is 4.98 Å². The summed E-state index contributed by atoms with van der Waals surface area (Å²) in [5.74, 6) is 0.506. The summed E-state index contributed by atoms with van der Waals surface area (Å²) < 4.78 is 0. The van der Waals surface area contributed by atoms with E-state index in [2.05, 4.69) is 9.88 Å². The molecule has 5 nitrogen and oxygen atoms in total. The Morgan fingerprint density at radius 1 is 1.25 bits per heavy atom. The van der Waals surface area contributed by atoms with Gasteiger partial charge in [0.15, 0.2) is 0 Å². The fourth-order valence-corrected chi connectivity index (χ4v) is 4.16. The summed E-state index contributed by atoms with van der Waals surface area (Å²) >= 11 is 1.76. The number of nitrogens with two attached hydrogens (primary N) is 1. The Kier molecular flexibility index (Phi) is 10.7. The lowest BCUT2D eigenvalue weighted by atomic mass is 10.1. The lowest BCUT2D eigenvalue weighted by molar-refractivity contribution is -0.137. The van der Waals surface area contributed by atoms with E-state index < -0.39 is 0 Å². The molecule has 2 fully saturated rings. The predicted molar refractivity (Wildman–Crippen MR) is 106 cm³/mol. The molecule has 0 radical (unpaired) electrons. The molecule has 1 aromatic heterocycles. The second-order valence-corrected chi connectivity index (χ2v) is 7.54. The number of carbonyl (C=O) groups excluding carboxylic acids is 1. The van der Waals surface area contributed by atoms with Crippen LogP contribution < -0.4 is 5.73 Å². The summed E-state index contributed by atoms with van der Waals surface area (Å²) in [5.41, 5.74) is 5.92. The van der Waals surface area contributed by atoms with Crippen LogP contribution in [0, 0.1) is 12.8 Å². The van der Waals surface area contributed by atoms with Gasteiger partial charge in [0.2, 0.25) is 5.91 Å². The van der Waals surface area contributed by atoms with Crippen molar-refractivity contribution in [1.29, 1.82) is 0 Å². The Morgan fingerprint density at radius 2 is 1.92 bits per heavy atom. The number of carbonyl (C=O) groups is 1. The van der Waals surface area contributed by atoms with E-state index in [4.69, 9.17) is 5.73 Å². The SMILES string of the molecule is Cc1ncc(CN2CCN(C(=O)C3CCC(N)C3)CC2)s1.Cl.Cl.Cl. The zero-order valence-corrected chi connectivity index (χ0v) is 17.1. The minimum absolute atomic E-state index is 0. The van der Waals surface area contributed by atoms with Crippen LogP contribution in [0.2, 0.25) is 0 Å². The van der Waals surface area contributed by atoms with Gasteiger partial charge in [0.05, 0.1) is 5.01 Å². The molecule has 0 aromatic carbocycles. The molecule has 9 heteroatoms. The van der Waals surface area contributed by atoms with E-state index in [-0.39, 0.29) is 49.2 Å². The molecule has 140 valence electrons. The van der Waals surface area contributed by atoms with E-state index in [0.717, 1.165) is 57.0 Å². The van der Waals surface area contributed by atoms with Crippen molar-refractivity contribution in [1.82, 2.24) is 14.8 Å². The number of aryl methyl sites for hydroxylation is 1. The smallest absolute Gasteiger partial charge is 0.225 e. The number of piperazine rings is 1. The van der Waals surface area contributed by atoms with Crippen molar-refractivity contribution in [3.05, 3.63) is 16.1 Å². The van der Waals surface area contributed by atoms with Crippen LogP contribution in [0.3, 0.4) is 0 Å². The van der Waals surface area contributed by atoms with E-state index in [1.54, 1.807) is 11.3 Å². The summed E-state index contributed by atoms with van der Waals surface area (Å²) in [6.45, 7) is 6.62. The van der Waals surface area contributed by atoms with Crippen molar-refractivity contribution >= 4 is 54.5 Å². The molecule has 2 aliphatic rings. The normalized spacial score (nSPS) is 23.8. The fraction of sp³-hybridized carbons (Fsp3) is 0.733. The summed E-state index contributed by atoms with van der Waals surface area (Å²) in [6.07, 6.45) is 4.82. The van der Waals surface area contributed by atoms with Crippen LogP contribution in [0.15, 0.2) is 6.20 Å². The Balaban J connectivity index is 0.00000176. The molecule has 2 unspecified atom stereocenters. The van der Waals surface area contributed by atoms with Crippen molar-refractivity contribution in [2.75, 3.05) is 26.2 Å². The molecule has 2 N–H and O–H groups in total. The zero-order valence-electron chi connectivity index (χ0n) is 13.8. The van der Waals surface area contributed by atoms with Crippen LogP contribution in [0.4, 0.5) is 0 Å². The number of nitrogens with zero attached hydrogens (tertiary/aromatic N) is 3. The van der Waals surface area contributed by atoms with Gasteiger partial charge in [0.1, 0.15) is 0 Å². The van der Waals surface area contributed by atoms with Gasteiger partial charge in [-0.05, 0) is 26.2 Å². The van der Waals surface area contributed by atoms with Gasteiger partial charge in [0.25, 0.3) is 0 Å². The Morgan fingerprint density at radius 3 is 2.42 bits per heavy atom. The van der Waals surface area contributed by atoms with Gasteiger partial charge in [-0.3, -0.25) is 9.69 Å². The summed E-state index contributed by atoms with van der Waals surface area (Å²) in [6, 6.07) is 0.231. The molecule has 2 atom stereocenters. The minimum atomic E-state index is 0. The highest BCUT2D eigenvalue weighted by molar-refractivity contribution is 7.11. The third-order valence-corrected chi connectivity index (χ3v) is 5.45. The number of aromatic nitrogens is 1. The van der Waals surface area contributed by atoms with Crippen LogP contribution >= 0.6 is 48.6 Å². The number of halogens is 3. The average molecular weight is 418 g/mol. The van der Waals surface area contributed by atoms with Gasteiger partial charge in [-0.1, -0.05) is 0 Å². The largest absolute Gasteiger partial charge is 0.340 e. The molecule has 1 aliphatic heterocycles. The van der Waals surface area contributed by atoms with Crippen LogP contribution in [-0.2, 0) is 11.3 Å². The molecule has 0 bridgehead atoms. The fourth-order valence-electron chi connectivity index (χ4n) is 3.32. The van der Waals surface area contributed by atoms with Crippen molar-refractivity contribution in [3.63, 3.8) is 0 Å². The monoisotopic (exact) mass is 416 g/mol. The highest BCUT2D eigenvalue weighted by Gasteiger charge is 2.32. The first-order valence-corrected chi connectivity index (χ1v) is 8.61. The van der Waals surface area contributed by atoms with E-state index in [0.29, 0.717) is 5.91 Å². The Hall–Kier alpha value is -0.110. The Labute approximate surface area is 166 Å². The number of hydrogen-bond donors (Lipinski definition) is 1. The van der Waals surface area contributed by atoms with E-state index >= 15 is 0 Å². The number of rotatable bonds is 3. The molecule has 1 aliphatic carbocycles. The van der Waals surface area contributed by atoms with Crippen LogP contribution in [-0.4, -0.2) is 52.9 Å². The first-order chi connectivity index (χ1) is 10.1. The lowest BCUT2D eigenvalue weighted by Crippen LogP contribution is -2.49. The van der Waals surface area contributed by atoms with Gasteiger partial charge >= 0.3 is 0 Å². The quantitative estimate of drug-likeness (QED) is 0.820. The van der Waals surface area contributed by atoms with E-state index in [1.807, 2.05) is 18.0 Å². The minimum Gasteiger partial charge on any atom is -0.340 e. The molecular formula is C15H27Cl3N4OS. The maximum Gasteiger partial charge on any atom is 0.225 e. The second-order valence-electron chi connectivity index (χ2n) is 6.22. The van der Waals surface area contributed by atoms with Crippen LogP contribution in [0.5, 0.6) is 0 Å². The third kappa shape index (κ3) is 6.00. The van der Waals surface area contributed by atoms with Gasteiger partial charge in [0, 0.05) is 55.8 Å². The third-order valence-electron chi connectivity index (χ3n) is 4.55. The molecule has 2 heterocycles. The van der Waals surface area contributed by atoms with Crippen LogP contribution in [0.1, 0.15) is 29.1 Å². The number of thiazole rings is 1. The maximum atomic E-state index is 12.5. The highest BCUT2D eigenvalue weighted by atomic mass is 35.5. The average Bonchev–Trinajstić information content (AvgIpc) is 3.08. The number of hydrogen-bond acceptors (Lipinski definition) is 5. The van der Waals surface area contributed by atoms with E-state index in [9.17, 15) is 4.79 Å². The number of amides is 1. The van der Waals surface area contributed by atoms with Crippen LogP contribution in [0.25, 0.3) is 0 Å². The van der Waals surface area contributed by atoms with Crippen molar-refractivity contribution in [3.8, 4) is 0 Å². The second kappa shape index (κ2) is 10.8. The maximum absolute atomic E-state index is 12.5. The first-order valence-electron chi connectivity index (χ1n) is 7.80. The standard InChI is InChI=1S/C15H24N4OS.3ClH/c1-11-17-9-14(21-11)10-18-4-6-19(7-5-18)15(20)12-2-3-13(16)8-12;;;/h9,12-13H,2-8,10,16H2,1H3;3*1H. The van der Waals surface area contributed by atoms with Crippen molar-refractivity contribution in [2.24, 2.45) is 11.7 Å². The lowest BCUT2D eigenvalue weighted by Gasteiger charge is -2.35. The van der Waals surface area contributed by atoms with Crippen molar-refractivity contribution in [2.45, 2.75) is 38.8 Å². The molecule has 1 aromatic rings. The van der Waals surface area contributed by atoms with E-state index in [1.165, 1.54) is 4.88 Å². The van der Waals surface area contributed by atoms with Gasteiger partial charge < -0.3 is 10.6 Å². The molecule has 1 saturated heterocycles. The summed E-state index contributed by atoms with van der Waals surface area (Å²) in [7, 11) is 0. The topological polar surface area (TPSA) is 62.5 Å². The molecule has 1 saturated carbocycles. The summed E-state index contributed by atoms with van der Waals surface area (Å²) in [4.78, 5) is 22.5. The molecule has 24 heavy (non-hydrogen) atoms. The molecular weight excluding hydrogens is 391 g/mol. The van der Waals surface area contributed by atoms with Crippen molar-refractivity contribution < 1.29 is 4.79 Å². The molecule has 3 rings (SSSR count).